The highest BCUT2D eigenvalue weighted by molar-refractivity contribution is 6.30. The summed E-state index contributed by atoms with van der Waals surface area (Å²) < 4.78 is 0. The summed E-state index contributed by atoms with van der Waals surface area (Å²) in [6, 6.07) is 16.5. The van der Waals surface area contributed by atoms with E-state index in [2.05, 4.69) is 62.2 Å². The number of halogens is 1. The Labute approximate surface area is 146 Å². The van der Waals surface area contributed by atoms with E-state index in [0.29, 0.717) is 5.15 Å². The van der Waals surface area contributed by atoms with Gasteiger partial charge in [0.2, 0.25) is 0 Å². The van der Waals surface area contributed by atoms with Crippen molar-refractivity contribution >= 4 is 33.4 Å². The van der Waals surface area contributed by atoms with E-state index in [1.807, 2.05) is 12.1 Å². The average Bonchev–Trinajstić information content (AvgIpc) is 2.53. The predicted octanol–water partition coefficient (Wildman–Crippen LogP) is 6.03. The smallest absolute Gasteiger partial charge is 0.129 e. The number of fused-ring (bicyclic) bond motifs is 3. The van der Waals surface area contributed by atoms with Gasteiger partial charge >= 0.3 is 0 Å². The third kappa shape index (κ3) is 2.44. The van der Waals surface area contributed by atoms with Crippen LogP contribution >= 0.6 is 11.6 Å². The van der Waals surface area contributed by atoms with E-state index < -0.39 is 0 Å². The van der Waals surface area contributed by atoms with Gasteiger partial charge in [0.05, 0.1) is 16.7 Å². The summed E-state index contributed by atoms with van der Waals surface area (Å²) in [5, 5.41) is 2.61. The molecule has 2 aromatic heterocycles. The maximum atomic E-state index is 6.10. The van der Waals surface area contributed by atoms with Crippen LogP contribution in [-0.4, -0.2) is 9.97 Å². The Hall–Kier alpha value is -2.45. The second-order valence-electron chi connectivity index (χ2n) is 6.31. The maximum Gasteiger partial charge on any atom is 0.129 e. The molecule has 2 heterocycles. The average molecular weight is 333 g/mol. The lowest BCUT2D eigenvalue weighted by Gasteiger charge is -2.12. The van der Waals surface area contributed by atoms with Gasteiger partial charge in [-0.2, -0.15) is 0 Å². The summed E-state index contributed by atoms with van der Waals surface area (Å²) in [6.07, 6.45) is 0. The summed E-state index contributed by atoms with van der Waals surface area (Å²) in [5.41, 5.74) is 7.68. The second kappa shape index (κ2) is 5.57. The lowest BCUT2D eigenvalue weighted by atomic mass is 9.96. The van der Waals surface area contributed by atoms with Crippen LogP contribution in [-0.2, 0) is 0 Å². The van der Waals surface area contributed by atoms with Crippen LogP contribution in [0.5, 0.6) is 0 Å². The Bertz CT molecular complexity index is 1080. The molecule has 2 aromatic carbocycles. The van der Waals surface area contributed by atoms with Gasteiger partial charge < -0.3 is 0 Å². The predicted molar refractivity (Wildman–Crippen MR) is 102 cm³/mol. The zero-order valence-corrected chi connectivity index (χ0v) is 14.6. The van der Waals surface area contributed by atoms with Gasteiger partial charge in [-0.1, -0.05) is 47.5 Å². The van der Waals surface area contributed by atoms with Gasteiger partial charge in [0, 0.05) is 16.3 Å². The third-order valence-electron chi connectivity index (χ3n) is 4.42. The van der Waals surface area contributed by atoms with E-state index >= 15 is 0 Å². The number of hydrogen-bond acceptors (Lipinski definition) is 2. The van der Waals surface area contributed by atoms with E-state index in [1.54, 1.807) is 0 Å². The summed E-state index contributed by atoms with van der Waals surface area (Å²) >= 11 is 6.10. The number of nitrogens with zero attached hydrogens (tertiary/aromatic N) is 2. The molecular weight excluding hydrogens is 316 g/mol. The van der Waals surface area contributed by atoms with Crippen molar-refractivity contribution in [1.29, 1.82) is 0 Å². The molecule has 0 atom stereocenters. The third-order valence-corrected chi connectivity index (χ3v) is 4.63. The van der Waals surface area contributed by atoms with E-state index in [1.165, 1.54) is 22.3 Å². The first kappa shape index (κ1) is 15.1. The lowest BCUT2D eigenvalue weighted by Crippen LogP contribution is -1.94. The molecule has 4 rings (SSSR count). The van der Waals surface area contributed by atoms with E-state index in [9.17, 15) is 0 Å². The molecule has 0 aliphatic rings. The van der Waals surface area contributed by atoms with Gasteiger partial charge in [-0.3, -0.25) is 0 Å². The van der Waals surface area contributed by atoms with Crippen LogP contribution in [0.4, 0.5) is 0 Å². The van der Waals surface area contributed by atoms with Crippen LogP contribution in [0.15, 0.2) is 48.5 Å². The summed E-state index contributed by atoms with van der Waals surface area (Å²) in [4.78, 5) is 9.45. The second-order valence-corrected chi connectivity index (χ2v) is 6.70. The van der Waals surface area contributed by atoms with Crippen LogP contribution in [0.25, 0.3) is 33.1 Å². The van der Waals surface area contributed by atoms with Crippen molar-refractivity contribution in [2.75, 3.05) is 0 Å². The molecule has 0 fully saturated rings. The van der Waals surface area contributed by atoms with Gasteiger partial charge in [0.1, 0.15) is 5.15 Å². The fourth-order valence-electron chi connectivity index (χ4n) is 3.47. The molecule has 0 radical (unpaired) electrons. The van der Waals surface area contributed by atoms with Gasteiger partial charge in [0.25, 0.3) is 0 Å². The minimum absolute atomic E-state index is 0.491. The zero-order chi connectivity index (χ0) is 16.8. The fraction of sp³-hybridized carbons (Fsp3) is 0.143. The van der Waals surface area contributed by atoms with Crippen molar-refractivity contribution in [3.05, 3.63) is 70.4 Å². The number of pyridine rings is 2. The van der Waals surface area contributed by atoms with E-state index in [-0.39, 0.29) is 0 Å². The molecule has 0 aliphatic carbocycles. The molecule has 2 nitrogen and oxygen atoms in total. The number of benzene rings is 2. The Morgan fingerprint density at radius 2 is 1.25 bits per heavy atom. The molecule has 24 heavy (non-hydrogen) atoms. The van der Waals surface area contributed by atoms with Gasteiger partial charge in [0.15, 0.2) is 0 Å². The Kier molecular flexibility index (Phi) is 3.50. The van der Waals surface area contributed by atoms with Gasteiger partial charge in [-0.25, -0.2) is 9.97 Å². The molecule has 0 aliphatic heterocycles. The van der Waals surface area contributed by atoms with Crippen LogP contribution in [0, 0.1) is 20.8 Å². The molecule has 0 bridgehead atoms. The topological polar surface area (TPSA) is 25.8 Å². The van der Waals surface area contributed by atoms with Crippen molar-refractivity contribution in [2.45, 2.75) is 20.8 Å². The minimum atomic E-state index is 0.491. The molecule has 4 aromatic rings. The highest BCUT2D eigenvalue weighted by atomic mass is 35.5. The first-order valence-electron chi connectivity index (χ1n) is 7.97. The Morgan fingerprint density at radius 3 is 1.92 bits per heavy atom. The highest BCUT2D eigenvalue weighted by Crippen LogP contribution is 2.30. The van der Waals surface area contributed by atoms with E-state index in [4.69, 9.17) is 16.6 Å². The number of hydrogen-bond donors (Lipinski definition) is 0. The van der Waals surface area contributed by atoms with Crippen molar-refractivity contribution in [3.63, 3.8) is 0 Å². The van der Waals surface area contributed by atoms with Crippen LogP contribution in [0.1, 0.15) is 16.7 Å². The summed E-state index contributed by atoms with van der Waals surface area (Å²) in [7, 11) is 0. The minimum Gasteiger partial charge on any atom is -0.245 e. The van der Waals surface area contributed by atoms with Crippen molar-refractivity contribution < 1.29 is 0 Å². The molecule has 0 N–H and O–H groups in total. The molecule has 118 valence electrons. The highest BCUT2D eigenvalue weighted by Gasteiger charge is 2.11. The van der Waals surface area contributed by atoms with Crippen molar-refractivity contribution in [2.24, 2.45) is 0 Å². The quantitative estimate of drug-likeness (QED) is 0.314. The SMILES string of the molecule is Cc1cc(C)c(-c2ccc3ccc4ccc(Cl)nc4c3n2)c(C)c1. The zero-order valence-electron chi connectivity index (χ0n) is 13.9. The molecular formula is C21H17ClN2. The summed E-state index contributed by atoms with van der Waals surface area (Å²) in [6.45, 7) is 6.40. The Morgan fingerprint density at radius 1 is 0.708 bits per heavy atom. The molecule has 0 saturated heterocycles. The van der Waals surface area contributed by atoms with Gasteiger partial charge in [-0.05, 0) is 50.1 Å². The summed E-state index contributed by atoms with van der Waals surface area (Å²) in [5.74, 6) is 0. The molecule has 0 amide bonds. The van der Waals surface area contributed by atoms with Crippen LogP contribution in [0.3, 0.4) is 0 Å². The molecule has 0 unspecified atom stereocenters. The normalized spacial score (nSPS) is 11.3. The van der Waals surface area contributed by atoms with Crippen LogP contribution in [0.2, 0.25) is 5.15 Å². The fourth-order valence-corrected chi connectivity index (χ4v) is 3.61. The number of aromatic nitrogens is 2. The maximum absolute atomic E-state index is 6.10. The monoisotopic (exact) mass is 332 g/mol. The Balaban J connectivity index is 2.05. The van der Waals surface area contributed by atoms with Gasteiger partial charge in [-0.15, -0.1) is 0 Å². The lowest BCUT2D eigenvalue weighted by molar-refractivity contribution is 1.28. The molecule has 0 spiro atoms. The standard InChI is InChI=1S/C21H17ClN2/c1-12-10-13(2)19(14(3)11-12)17-8-6-15-4-5-16-7-9-18(22)24-21(16)20(15)23-17/h4-11H,1-3H3. The first-order valence-corrected chi connectivity index (χ1v) is 8.35. The van der Waals surface area contributed by atoms with Crippen molar-refractivity contribution in [1.82, 2.24) is 9.97 Å². The number of aryl methyl sites for hydroxylation is 3. The molecule has 0 saturated carbocycles. The largest absolute Gasteiger partial charge is 0.245 e. The molecule has 3 heteroatoms. The van der Waals surface area contributed by atoms with Crippen molar-refractivity contribution in [3.8, 4) is 11.3 Å². The van der Waals surface area contributed by atoms with Crippen LogP contribution < -0.4 is 0 Å². The van der Waals surface area contributed by atoms with E-state index in [0.717, 1.165) is 27.5 Å². The first-order chi connectivity index (χ1) is 11.5. The number of rotatable bonds is 1.